The molecule has 4 nitrogen and oxygen atoms in total. The molecule has 0 radical (unpaired) electrons. The molecule has 0 aliphatic rings. The van der Waals surface area contributed by atoms with Gasteiger partial charge < -0.3 is 18.0 Å². The molecule has 12 rings (SSSR count). The van der Waals surface area contributed by atoms with E-state index in [4.69, 9.17) is 8.83 Å². The predicted octanol–water partition coefficient (Wildman–Crippen LogP) is 15.4. The van der Waals surface area contributed by atoms with E-state index in [1.807, 2.05) is 36.4 Å². The molecule has 278 valence electrons. The van der Waals surface area contributed by atoms with Gasteiger partial charge in [-0.05, 0) is 83.8 Å². The van der Waals surface area contributed by atoms with Gasteiger partial charge >= 0.3 is 0 Å². The van der Waals surface area contributed by atoms with Gasteiger partial charge in [0.2, 0.25) is 0 Å². The Hall–Kier alpha value is -7.82. The highest BCUT2D eigenvalue weighted by Crippen LogP contribution is 2.42. The van der Waals surface area contributed by atoms with Gasteiger partial charge in [0, 0.05) is 60.3 Å². The van der Waals surface area contributed by atoms with Crippen molar-refractivity contribution in [3.05, 3.63) is 200 Å². The van der Waals surface area contributed by atoms with Gasteiger partial charge in [0.1, 0.15) is 11.2 Å². The number of hydrogen-bond donors (Lipinski definition) is 0. The second-order valence-corrected chi connectivity index (χ2v) is 15.3. The Kier molecular flexibility index (Phi) is 7.26. The van der Waals surface area contributed by atoms with Gasteiger partial charge in [-0.3, -0.25) is 0 Å². The molecule has 8 aromatic carbocycles. The topological polar surface area (TPSA) is 36.1 Å². The second-order valence-electron chi connectivity index (χ2n) is 15.3. The van der Waals surface area contributed by atoms with Gasteiger partial charge in [0.05, 0.1) is 16.6 Å². The summed E-state index contributed by atoms with van der Waals surface area (Å²) in [6.45, 7) is 6.10. The quantitative estimate of drug-likeness (QED) is 0.158. The lowest BCUT2D eigenvalue weighted by Gasteiger charge is -2.11. The molecule has 0 bridgehead atoms. The zero-order valence-corrected chi connectivity index (χ0v) is 32.3. The average Bonchev–Trinajstić information content (AvgIpc) is 4.03. The predicted molar refractivity (Wildman–Crippen MR) is 247 cm³/mol. The van der Waals surface area contributed by atoms with Crippen molar-refractivity contribution in [1.29, 1.82) is 0 Å². The molecule has 0 unspecified atom stereocenters. The third-order valence-corrected chi connectivity index (χ3v) is 12.1. The number of furan rings is 2. The molecule has 0 N–H and O–H groups in total. The Morgan fingerprint density at radius 1 is 0.424 bits per heavy atom. The molecular formula is C55H36N2O2. The van der Waals surface area contributed by atoms with Crippen LogP contribution in [0.1, 0.15) is 11.3 Å². The van der Waals surface area contributed by atoms with Crippen molar-refractivity contribution in [3.63, 3.8) is 0 Å². The molecule has 0 aliphatic heterocycles. The average molecular weight is 757 g/mol. The molecule has 59 heavy (non-hydrogen) atoms. The molecule has 0 spiro atoms. The summed E-state index contributed by atoms with van der Waals surface area (Å²) in [5.41, 5.74) is 16.1. The molecule has 4 heteroatoms. The fraction of sp³-hybridized carbons (Fsp3) is 0.0182. The first-order valence-electron chi connectivity index (χ1n) is 20.0. The highest BCUT2D eigenvalue weighted by molar-refractivity contribution is 6.21. The summed E-state index contributed by atoms with van der Waals surface area (Å²) in [7, 11) is 0. The molecule has 0 aliphatic carbocycles. The highest BCUT2D eigenvalue weighted by Gasteiger charge is 2.21. The Balaban J connectivity index is 0.890. The maximum atomic E-state index is 6.56. The summed E-state index contributed by atoms with van der Waals surface area (Å²) in [5.74, 6) is 0. The molecule has 4 aromatic heterocycles. The maximum Gasteiger partial charge on any atom is 0.160 e. The van der Waals surface area contributed by atoms with Crippen molar-refractivity contribution < 1.29 is 8.83 Å². The number of fused-ring (bicyclic) bond motifs is 12. The van der Waals surface area contributed by atoms with Crippen LogP contribution in [-0.4, -0.2) is 9.13 Å². The largest absolute Gasteiger partial charge is 0.454 e. The number of hydrogen-bond acceptors (Lipinski definition) is 2. The van der Waals surface area contributed by atoms with Crippen LogP contribution in [0.3, 0.4) is 0 Å². The summed E-state index contributed by atoms with van der Waals surface area (Å²) in [4.78, 5) is 0. The zero-order chi connectivity index (χ0) is 39.2. The van der Waals surface area contributed by atoms with Crippen molar-refractivity contribution >= 4 is 82.7 Å². The van der Waals surface area contributed by atoms with Crippen LogP contribution < -0.4 is 0 Å². The summed E-state index contributed by atoms with van der Waals surface area (Å²) < 4.78 is 17.8. The van der Waals surface area contributed by atoms with Crippen molar-refractivity contribution in [2.45, 2.75) is 6.92 Å². The van der Waals surface area contributed by atoms with Gasteiger partial charge in [-0.2, -0.15) is 0 Å². The summed E-state index contributed by atoms with van der Waals surface area (Å²) >= 11 is 0. The minimum Gasteiger partial charge on any atom is -0.454 e. The van der Waals surface area contributed by atoms with Crippen molar-refractivity contribution in [3.8, 4) is 33.6 Å². The van der Waals surface area contributed by atoms with Crippen molar-refractivity contribution in [1.82, 2.24) is 9.13 Å². The Morgan fingerprint density at radius 3 is 1.42 bits per heavy atom. The number of nitrogens with zero attached hydrogens (tertiary/aromatic N) is 2. The van der Waals surface area contributed by atoms with Gasteiger partial charge in [-0.1, -0.05) is 140 Å². The van der Waals surface area contributed by atoms with Crippen LogP contribution in [0.2, 0.25) is 0 Å². The van der Waals surface area contributed by atoms with Gasteiger partial charge in [-0.25, -0.2) is 0 Å². The summed E-state index contributed by atoms with van der Waals surface area (Å²) in [6.07, 6.45) is 5.97. The van der Waals surface area contributed by atoms with Crippen LogP contribution in [0.15, 0.2) is 197 Å². The monoisotopic (exact) mass is 756 g/mol. The van der Waals surface area contributed by atoms with E-state index in [-0.39, 0.29) is 0 Å². The lowest BCUT2D eigenvalue weighted by Crippen LogP contribution is -1.97. The molecular weight excluding hydrogens is 721 g/mol. The van der Waals surface area contributed by atoms with E-state index in [9.17, 15) is 0 Å². The van der Waals surface area contributed by atoms with E-state index >= 15 is 0 Å². The van der Waals surface area contributed by atoms with E-state index in [1.54, 1.807) is 0 Å². The Labute approximate surface area is 339 Å². The van der Waals surface area contributed by atoms with Crippen LogP contribution in [0.5, 0.6) is 0 Å². The Morgan fingerprint density at radius 2 is 0.864 bits per heavy atom. The van der Waals surface area contributed by atoms with E-state index in [0.29, 0.717) is 0 Å². The number of allylic oxidation sites excluding steroid dienone is 2. The SMILES string of the molecule is C=C/C=C\c1c(C)n(-c2ccc(-c3ccc(-c4ccc(-n5c6ccccc6c6ccc7c8ccccc8oc7c65)cc4)cc3)cc2)c2c1ccc1c3ccccc3oc12. The zero-order valence-electron chi connectivity index (χ0n) is 32.3. The van der Waals surface area contributed by atoms with Crippen molar-refractivity contribution in [2.75, 3.05) is 0 Å². The molecule has 0 saturated carbocycles. The standard InChI is InChI=1S/C55H36N2O2/c1-3-4-11-41-34(2)56(52-45(41)30-32-47-43-13-6-9-16-50(43)58-54(47)52)39-26-22-37(23-27-39)35-18-20-36(21-19-35)38-24-28-40(29-25-38)57-49-15-8-5-12-42(49)46-31-33-48-44-14-7-10-17-51(44)59-55(48)53(46)57/h3-33H,1H2,2H3/b11-4-. The number of para-hydroxylation sites is 3. The third kappa shape index (κ3) is 4.96. The lowest BCUT2D eigenvalue weighted by atomic mass is 10.00. The Bertz CT molecular complexity index is 3660. The van der Waals surface area contributed by atoms with Crippen molar-refractivity contribution in [2.24, 2.45) is 0 Å². The molecule has 0 saturated heterocycles. The first-order valence-corrected chi connectivity index (χ1v) is 20.0. The van der Waals surface area contributed by atoms with Crippen LogP contribution in [0.25, 0.3) is 116 Å². The van der Waals surface area contributed by atoms with Gasteiger partial charge in [-0.15, -0.1) is 0 Å². The van der Waals surface area contributed by atoms with E-state index < -0.39 is 0 Å². The normalized spacial score (nSPS) is 12.2. The second kappa shape index (κ2) is 12.9. The van der Waals surface area contributed by atoms with Crippen LogP contribution >= 0.6 is 0 Å². The van der Waals surface area contributed by atoms with E-state index in [1.165, 1.54) is 27.5 Å². The number of benzene rings is 8. The molecule has 4 heterocycles. The third-order valence-electron chi connectivity index (χ3n) is 12.1. The minimum absolute atomic E-state index is 0.895. The van der Waals surface area contributed by atoms with Gasteiger partial charge in [0.25, 0.3) is 0 Å². The summed E-state index contributed by atoms with van der Waals surface area (Å²) in [6, 6.07) is 60.7. The molecule has 12 aromatic rings. The van der Waals surface area contributed by atoms with E-state index in [0.717, 1.165) is 94.0 Å². The minimum atomic E-state index is 0.895. The van der Waals surface area contributed by atoms with Crippen LogP contribution in [0.4, 0.5) is 0 Å². The highest BCUT2D eigenvalue weighted by atomic mass is 16.3. The fourth-order valence-corrected chi connectivity index (χ4v) is 9.35. The molecule has 0 amide bonds. The van der Waals surface area contributed by atoms with Crippen LogP contribution in [-0.2, 0) is 0 Å². The fourth-order valence-electron chi connectivity index (χ4n) is 9.35. The smallest absolute Gasteiger partial charge is 0.160 e. The molecule has 0 fully saturated rings. The first-order chi connectivity index (χ1) is 29.1. The van der Waals surface area contributed by atoms with E-state index in [2.05, 4.69) is 174 Å². The summed E-state index contributed by atoms with van der Waals surface area (Å²) in [5, 5.41) is 8.06. The number of rotatable bonds is 6. The maximum absolute atomic E-state index is 6.56. The lowest BCUT2D eigenvalue weighted by molar-refractivity contribution is 0.670. The van der Waals surface area contributed by atoms with Gasteiger partial charge in [0.15, 0.2) is 11.2 Å². The first kappa shape index (κ1) is 33.3. The number of aromatic nitrogens is 2. The van der Waals surface area contributed by atoms with Crippen LogP contribution in [0, 0.1) is 6.92 Å². The molecule has 0 atom stereocenters.